The van der Waals surface area contributed by atoms with Crippen molar-refractivity contribution in [3.05, 3.63) is 35.9 Å². The van der Waals surface area contributed by atoms with Gasteiger partial charge in [-0.05, 0) is 18.9 Å². The van der Waals surface area contributed by atoms with Crippen molar-refractivity contribution in [2.45, 2.75) is 25.7 Å². The van der Waals surface area contributed by atoms with E-state index in [1.807, 2.05) is 44.2 Å². The van der Waals surface area contributed by atoms with Crippen LogP contribution in [-0.2, 0) is 10.2 Å². The van der Waals surface area contributed by atoms with Gasteiger partial charge in [-0.1, -0.05) is 37.3 Å². The average Bonchev–Trinajstić information content (AvgIpc) is 2.28. The fourth-order valence-corrected chi connectivity index (χ4v) is 1.81. The monoisotopic (exact) mass is 210 g/mol. The molecule has 1 rings (SSSR count). The third kappa shape index (κ3) is 1.98. The first-order valence-electron chi connectivity index (χ1n) is 4.80. The third-order valence-corrected chi connectivity index (χ3v) is 3.10. The van der Waals surface area contributed by atoms with Gasteiger partial charge in [0, 0.05) is 0 Å². The van der Waals surface area contributed by atoms with Crippen molar-refractivity contribution in [3.63, 3.8) is 0 Å². The molecule has 1 atom stereocenters. The maximum absolute atomic E-state index is 11.7. The molecule has 0 saturated carbocycles. The Morgan fingerprint density at radius 2 is 1.93 bits per heavy atom. The average molecular weight is 211 g/mol. The summed E-state index contributed by atoms with van der Waals surface area (Å²) >= 11 is 5.62. The Bertz CT molecular complexity index is 307. The Morgan fingerprint density at radius 3 is 2.36 bits per heavy atom. The number of alkyl halides is 1. The fraction of sp³-hybridized carbons (Fsp3) is 0.417. The van der Waals surface area contributed by atoms with Crippen molar-refractivity contribution in [1.82, 2.24) is 0 Å². The summed E-state index contributed by atoms with van der Waals surface area (Å²) in [5.74, 6) is 0.173. The molecule has 76 valence electrons. The summed E-state index contributed by atoms with van der Waals surface area (Å²) in [4.78, 5) is 11.7. The lowest BCUT2D eigenvalue weighted by atomic mass is 9.77. The Hall–Kier alpha value is -0.820. The van der Waals surface area contributed by atoms with Gasteiger partial charge in [0.1, 0.15) is 0 Å². The molecule has 0 bridgehead atoms. The first-order chi connectivity index (χ1) is 6.65. The number of benzene rings is 1. The number of halogens is 1. The number of carbonyl (C=O) groups is 1. The number of carbonyl (C=O) groups excluding carboxylic acids is 1. The lowest BCUT2D eigenvalue weighted by molar-refractivity contribution is -0.121. The maximum Gasteiger partial charge on any atom is 0.157 e. The van der Waals surface area contributed by atoms with Gasteiger partial charge in [0.15, 0.2) is 5.78 Å². The summed E-state index contributed by atoms with van der Waals surface area (Å²) in [6, 6.07) is 9.81. The van der Waals surface area contributed by atoms with E-state index in [-0.39, 0.29) is 11.7 Å². The predicted molar refractivity (Wildman–Crippen MR) is 59.8 cm³/mol. The highest BCUT2D eigenvalue weighted by Gasteiger charge is 2.31. The summed E-state index contributed by atoms with van der Waals surface area (Å²) in [7, 11) is 0. The lowest BCUT2D eigenvalue weighted by Crippen LogP contribution is -2.32. The maximum atomic E-state index is 11.7. The van der Waals surface area contributed by atoms with E-state index < -0.39 is 5.41 Å². The van der Waals surface area contributed by atoms with E-state index in [0.717, 1.165) is 12.0 Å². The van der Waals surface area contributed by atoms with Crippen molar-refractivity contribution in [1.29, 1.82) is 0 Å². The number of Topliss-reactive ketones (excluding diaryl/α,β-unsaturated/α-hetero) is 1. The van der Waals surface area contributed by atoms with E-state index in [1.54, 1.807) is 0 Å². The van der Waals surface area contributed by atoms with Gasteiger partial charge in [0.05, 0.1) is 11.3 Å². The first kappa shape index (κ1) is 11.3. The van der Waals surface area contributed by atoms with Crippen molar-refractivity contribution >= 4 is 17.4 Å². The normalized spacial score (nSPS) is 14.8. The molecule has 0 saturated heterocycles. The third-order valence-electron chi connectivity index (χ3n) is 2.85. The highest BCUT2D eigenvalue weighted by molar-refractivity contribution is 6.29. The molecule has 0 aliphatic carbocycles. The fourth-order valence-electron chi connectivity index (χ4n) is 1.52. The van der Waals surface area contributed by atoms with Crippen LogP contribution in [0.15, 0.2) is 30.3 Å². The molecule has 0 aliphatic rings. The molecule has 1 unspecified atom stereocenters. The van der Waals surface area contributed by atoms with Gasteiger partial charge in [0.2, 0.25) is 0 Å². The molecule has 0 fully saturated rings. The zero-order valence-electron chi connectivity index (χ0n) is 8.59. The van der Waals surface area contributed by atoms with Crippen LogP contribution >= 0.6 is 11.6 Å². The topological polar surface area (TPSA) is 17.1 Å². The second-order valence-electron chi connectivity index (χ2n) is 3.61. The van der Waals surface area contributed by atoms with Crippen LogP contribution < -0.4 is 0 Å². The van der Waals surface area contributed by atoms with Crippen LogP contribution in [0.2, 0.25) is 0 Å². The number of hydrogen-bond acceptors (Lipinski definition) is 1. The summed E-state index contributed by atoms with van der Waals surface area (Å²) in [5, 5.41) is 0. The Labute approximate surface area is 90.1 Å². The Kier molecular flexibility index (Phi) is 3.70. The predicted octanol–water partition coefficient (Wildman–Crippen LogP) is 3.16. The van der Waals surface area contributed by atoms with Gasteiger partial charge in [0.25, 0.3) is 0 Å². The summed E-state index contributed by atoms with van der Waals surface area (Å²) in [6.07, 6.45) is 0.780. The van der Waals surface area contributed by atoms with Crippen molar-refractivity contribution in [2.75, 3.05) is 5.88 Å². The van der Waals surface area contributed by atoms with Crippen LogP contribution in [0.25, 0.3) is 0 Å². The van der Waals surface area contributed by atoms with Gasteiger partial charge in [-0.25, -0.2) is 0 Å². The van der Waals surface area contributed by atoms with E-state index >= 15 is 0 Å². The van der Waals surface area contributed by atoms with Gasteiger partial charge < -0.3 is 0 Å². The molecule has 0 N–H and O–H groups in total. The zero-order valence-corrected chi connectivity index (χ0v) is 9.34. The zero-order chi connectivity index (χ0) is 10.6. The molecular weight excluding hydrogens is 196 g/mol. The Balaban J connectivity index is 3.08. The molecule has 1 aromatic carbocycles. The molecule has 14 heavy (non-hydrogen) atoms. The minimum absolute atomic E-state index is 0.0826. The first-order valence-corrected chi connectivity index (χ1v) is 5.33. The standard InChI is InChI=1S/C12H15ClO/c1-3-12(2,11(14)9-13)10-7-5-4-6-8-10/h4-8H,3,9H2,1-2H3. The van der Waals surface area contributed by atoms with Gasteiger partial charge in [-0.15, -0.1) is 11.6 Å². The molecular formula is C12H15ClO. The molecule has 1 aromatic rings. The lowest BCUT2D eigenvalue weighted by Gasteiger charge is -2.26. The van der Waals surface area contributed by atoms with E-state index in [2.05, 4.69) is 0 Å². The minimum Gasteiger partial charge on any atom is -0.297 e. The van der Waals surface area contributed by atoms with Crippen LogP contribution in [0.4, 0.5) is 0 Å². The van der Waals surface area contributed by atoms with Crippen LogP contribution in [0.1, 0.15) is 25.8 Å². The second kappa shape index (κ2) is 4.61. The highest BCUT2D eigenvalue weighted by Crippen LogP contribution is 2.28. The SMILES string of the molecule is CCC(C)(C(=O)CCl)c1ccccc1. The minimum atomic E-state index is -0.428. The largest absolute Gasteiger partial charge is 0.297 e. The van der Waals surface area contributed by atoms with Crippen molar-refractivity contribution < 1.29 is 4.79 Å². The van der Waals surface area contributed by atoms with Gasteiger partial charge >= 0.3 is 0 Å². The van der Waals surface area contributed by atoms with Gasteiger partial charge in [-0.3, -0.25) is 4.79 Å². The molecule has 0 radical (unpaired) electrons. The van der Waals surface area contributed by atoms with E-state index in [4.69, 9.17) is 11.6 Å². The van der Waals surface area contributed by atoms with Crippen molar-refractivity contribution in [2.24, 2.45) is 0 Å². The van der Waals surface area contributed by atoms with E-state index in [0.29, 0.717) is 0 Å². The number of rotatable bonds is 4. The van der Waals surface area contributed by atoms with E-state index in [1.165, 1.54) is 0 Å². The van der Waals surface area contributed by atoms with Crippen LogP contribution in [0.3, 0.4) is 0 Å². The Morgan fingerprint density at radius 1 is 1.36 bits per heavy atom. The van der Waals surface area contributed by atoms with Crippen LogP contribution in [-0.4, -0.2) is 11.7 Å². The van der Waals surface area contributed by atoms with Crippen LogP contribution in [0.5, 0.6) is 0 Å². The molecule has 0 heterocycles. The highest BCUT2D eigenvalue weighted by atomic mass is 35.5. The molecule has 0 spiro atoms. The van der Waals surface area contributed by atoms with Gasteiger partial charge in [-0.2, -0.15) is 0 Å². The summed E-state index contributed by atoms with van der Waals surface area (Å²) in [5.41, 5.74) is 0.622. The number of hydrogen-bond donors (Lipinski definition) is 0. The molecule has 1 nitrogen and oxygen atoms in total. The van der Waals surface area contributed by atoms with Crippen molar-refractivity contribution in [3.8, 4) is 0 Å². The molecule has 2 heteroatoms. The number of ketones is 1. The summed E-state index contributed by atoms with van der Waals surface area (Å²) < 4.78 is 0. The second-order valence-corrected chi connectivity index (χ2v) is 3.88. The molecule has 0 aliphatic heterocycles. The quantitative estimate of drug-likeness (QED) is 0.698. The smallest absolute Gasteiger partial charge is 0.157 e. The molecule has 0 amide bonds. The molecule has 0 aromatic heterocycles. The summed E-state index contributed by atoms with van der Waals surface area (Å²) in [6.45, 7) is 3.96. The van der Waals surface area contributed by atoms with E-state index in [9.17, 15) is 4.79 Å². The van der Waals surface area contributed by atoms with Crippen LogP contribution in [0, 0.1) is 0 Å².